The van der Waals surface area contributed by atoms with Crippen LogP contribution in [0.2, 0.25) is 0 Å². The van der Waals surface area contributed by atoms with E-state index in [1.165, 1.54) is 5.39 Å². The third-order valence-electron chi connectivity index (χ3n) is 1.95. The van der Waals surface area contributed by atoms with Gasteiger partial charge in [-0.05, 0) is 12.0 Å². The van der Waals surface area contributed by atoms with Crippen molar-refractivity contribution in [3.05, 3.63) is 24.2 Å². The molecule has 1 N–H and O–H groups in total. The molecular formula is C9H11N3. The molecule has 0 unspecified atom stereocenters. The van der Waals surface area contributed by atoms with Gasteiger partial charge in [-0.3, -0.25) is 0 Å². The van der Waals surface area contributed by atoms with E-state index in [1.807, 2.05) is 12.3 Å². The quantitative estimate of drug-likeness (QED) is 0.695. The van der Waals surface area contributed by atoms with Gasteiger partial charge in [0.2, 0.25) is 0 Å². The van der Waals surface area contributed by atoms with Crippen LogP contribution in [0.4, 0.5) is 0 Å². The molecule has 0 aromatic carbocycles. The van der Waals surface area contributed by atoms with Crippen LogP contribution in [0, 0.1) is 0 Å². The van der Waals surface area contributed by atoms with Gasteiger partial charge >= 0.3 is 0 Å². The van der Waals surface area contributed by atoms with Crippen LogP contribution in [-0.4, -0.2) is 15.2 Å². The predicted molar refractivity (Wildman–Crippen MR) is 48.0 cm³/mol. The molecule has 62 valence electrons. The Bertz CT molecular complexity index is 389. The van der Waals surface area contributed by atoms with Gasteiger partial charge in [0.25, 0.3) is 0 Å². The lowest BCUT2D eigenvalue weighted by Gasteiger charge is -2.02. The fraction of sp³-hybridized carbons (Fsp3) is 0.333. The molecule has 0 aliphatic rings. The summed E-state index contributed by atoms with van der Waals surface area (Å²) in [4.78, 5) is 3.11. The predicted octanol–water partition coefficient (Wildman–Crippen LogP) is 2.08. The van der Waals surface area contributed by atoms with Crippen LogP contribution >= 0.6 is 0 Å². The normalized spacial score (nSPS) is 11.2. The molecule has 0 fully saturated rings. The van der Waals surface area contributed by atoms with Crippen molar-refractivity contribution in [3.8, 4) is 0 Å². The first kappa shape index (κ1) is 7.28. The average molecular weight is 161 g/mol. The van der Waals surface area contributed by atoms with Crippen molar-refractivity contribution in [2.75, 3.05) is 0 Å². The molecule has 0 radical (unpaired) electrons. The van der Waals surface area contributed by atoms with Gasteiger partial charge in [-0.1, -0.05) is 13.8 Å². The van der Waals surface area contributed by atoms with E-state index in [-0.39, 0.29) is 0 Å². The Hall–Kier alpha value is -1.38. The van der Waals surface area contributed by atoms with Crippen molar-refractivity contribution in [1.82, 2.24) is 15.2 Å². The number of hydrogen-bond acceptors (Lipinski definition) is 2. The lowest BCUT2D eigenvalue weighted by atomic mass is 10.1. The van der Waals surface area contributed by atoms with Crippen molar-refractivity contribution in [2.45, 2.75) is 19.8 Å². The molecule has 12 heavy (non-hydrogen) atoms. The minimum Gasteiger partial charge on any atom is -0.360 e. The Labute approximate surface area is 70.8 Å². The second-order valence-corrected chi connectivity index (χ2v) is 3.19. The molecule has 0 spiro atoms. The van der Waals surface area contributed by atoms with Crippen molar-refractivity contribution in [2.24, 2.45) is 0 Å². The molecule has 3 nitrogen and oxygen atoms in total. The maximum atomic E-state index is 4.11. The lowest BCUT2D eigenvalue weighted by molar-refractivity contribution is 0.799. The number of hydrogen-bond donors (Lipinski definition) is 1. The molecule has 0 bridgehead atoms. The molecule has 0 aliphatic carbocycles. The second kappa shape index (κ2) is 2.59. The molecular weight excluding hydrogens is 150 g/mol. The van der Waals surface area contributed by atoms with Crippen LogP contribution in [-0.2, 0) is 0 Å². The monoisotopic (exact) mass is 161 g/mol. The number of aromatic nitrogens is 3. The van der Waals surface area contributed by atoms with E-state index in [9.17, 15) is 0 Å². The summed E-state index contributed by atoms with van der Waals surface area (Å²) in [6, 6.07) is 2.04. The minimum atomic E-state index is 0.428. The Morgan fingerprint density at radius 1 is 1.42 bits per heavy atom. The summed E-state index contributed by atoms with van der Waals surface area (Å²) < 4.78 is 0. The summed E-state index contributed by atoms with van der Waals surface area (Å²) in [5, 5.41) is 9.21. The summed E-state index contributed by atoms with van der Waals surface area (Å²) in [6.45, 7) is 4.24. The largest absolute Gasteiger partial charge is 0.360 e. The topological polar surface area (TPSA) is 41.6 Å². The summed E-state index contributed by atoms with van der Waals surface area (Å²) >= 11 is 0. The van der Waals surface area contributed by atoms with Crippen LogP contribution < -0.4 is 0 Å². The molecule has 0 saturated carbocycles. The number of nitrogens with one attached hydrogen (secondary N) is 1. The highest BCUT2D eigenvalue weighted by molar-refractivity contribution is 5.80. The van der Waals surface area contributed by atoms with Crippen molar-refractivity contribution >= 4 is 10.9 Å². The van der Waals surface area contributed by atoms with Gasteiger partial charge in [-0.2, -0.15) is 10.2 Å². The number of fused-ring (bicyclic) bond motifs is 1. The minimum absolute atomic E-state index is 0.428. The number of H-pyrrole nitrogens is 1. The highest BCUT2D eigenvalue weighted by atomic mass is 15.1. The first-order valence-electron chi connectivity index (χ1n) is 4.07. The Morgan fingerprint density at radius 3 is 3.00 bits per heavy atom. The highest BCUT2D eigenvalue weighted by Gasteiger charge is 2.06. The van der Waals surface area contributed by atoms with Gasteiger partial charge in [0, 0.05) is 11.6 Å². The molecule has 0 saturated heterocycles. The van der Waals surface area contributed by atoms with E-state index >= 15 is 0 Å². The van der Waals surface area contributed by atoms with Crippen LogP contribution in [0.1, 0.15) is 25.5 Å². The number of nitrogens with zero attached hydrogens (tertiary/aromatic N) is 2. The molecule has 2 heterocycles. The zero-order chi connectivity index (χ0) is 8.55. The summed E-state index contributed by atoms with van der Waals surface area (Å²) in [7, 11) is 0. The SMILES string of the molecule is CC(C)c1nncc2[nH]ccc12. The van der Waals surface area contributed by atoms with Crippen molar-refractivity contribution < 1.29 is 0 Å². The second-order valence-electron chi connectivity index (χ2n) is 3.19. The first-order valence-corrected chi connectivity index (χ1v) is 4.07. The Balaban J connectivity index is 2.73. The fourth-order valence-corrected chi connectivity index (χ4v) is 1.34. The van der Waals surface area contributed by atoms with Crippen LogP contribution in [0.15, 0.2) is 18.5 Å². The van der Waals surface area contributed by atoms with Gasteiger partial charge in [0.05, 0.1) is 17.4 Å². The molecule has 0 aliphatic heterocycles. The fourth-order valence-electron chi connectivity index (χ4n) is 1.34. The van der Waals surface area contributed by atoms with E-state index in [4.69, 9.17) is 0 Å². The molecule has 0 atom stereocenters. The standard InChI is InChI=1S/C9H11N3/c1-6(2)9-7-3-4-10-8(7)5-11-12-9/h3-6,10H,1-2H3. The van der Waals surface area contributed by atoms with Gasteiger partial charge < -0.3 is 4.98 Å². The van der Waals surface area contributed by atoms with Crippen LogP contribution in [0.5, 0.6) is 0 Å². The van der Waals surface area contributed by atoms with E-state index in [2.05, 4.69) is 29.0 Å². The summed E-state index contributed by atoms with van der Waals surface area (Å²) in [6.07, 6.45) is 3.67. The first-order chi connectivity index (χ1) is 5.79. The van der Waals surface area contributed by atoms with Crippen LogP contribution in [0.25, 0.3) is 10.9 Å². The van der Waals surface area contributed by atoms with E-state index in [0.29, 0.717) is 5.92 Å². The molecule has 2 aromatic rings. The van der Waals surface area contributed by atoms with Gasteiger partial charge in [-0.25, -0.2) is 0 Å². The van der Waals surface area contributed by atoms with Crippen molar-refractivity contribution in [1.29, 1.82) is 0 Å². The third-order valence-corrected chi connectivity index (χ3v) is 1.95. The third kappa shape index (κ3) is 0.978. The Kier molecular flexibility index (Phi) is 1.57. The van der Waals surface area contributed by atoms with E-state index < -0.39 is 0 Å². The zero-order valence-corrected chi connectivity index (χ0v) is 7.20. The molecule has 0 amide bonds. The zero-order valence-electron chi connectivity index (χ0n) is 7.20. The number of rotatable bonds is 1. The highest BCUT2D eigenvalue weighted by Crippen LogP contribution is 2.20. The number of aromatic amines is 1. The average Bonchev–Trinajstić information content (AvgIpc) is 2.49. The van der Waals surface area contributed by atoms with Crippen LogP contribution in [0.3, 0.4) is 0 Å². The maximum Gasteiger partial charge on any atom is 0.0750 e. The van der Waals surface area contributed by atoms with E-state index in [0.717, 1.165) is 11.2 Å². The Morgan fingerprint density at radius 2 is 2.25 bits per heavy atom. The lowest BCUT2D eigenvalue weighted by Crippen LogP contribution is -1.94. The summed E-state index contributed by atoms with van der Waals surface area (Å²) in [5.74, 6) is 0.428. The van der Waals surface area contributed by atoms with E-state index in [1.54, 1.807) is 6.20 Å². The van der Waals surface area contributed by atoms with Crippen molar-refractivity contribution in [3.63, 3.8) is 0 Å². The van der Waals surface area contributed by atoms with Gasteiger partial charge in [0.1, 0.15) is 0 Å². The molecule has 2 aromatic heterocycles. The smallest absolute Gasteiger partial charge is 0.0750 e. The van der Waals surface area contributed by atoms with Gasteiger partial charge in [0.15, 0.2) is 0 Å². The van der Waals surface area contributed by atoms with Gasteiger partial charge in [-0.15, -0.1) is 0 Å². The molecule has 3 heteroatoms. The summed E-state index contributed by atoms with van der Waals surface area (Å²) in [5.41, 5.74) is 2.13. The molecule has 2 rings (SSSR count). The maximum absolute atomic E-state index is 4.11.